The van der Waals surface area contributed by atoms with Gasteiger partial charge in [0.2, 0.25) is 0 Å². The molecule has 0 saturated carbocycles. The van der Waals surface area contributed by atoms with Gasteiger partial charge in [0, 0.05) is 24.4 Å². The van der Waals surface area contributed by atoms with Gasteiger partial charge in [-0.3, -0.25) is 0 Å². The van der Waals surface area contributed by atoms with Gasteiger partial charge in [0.05, 0.1) is 19.8 Å². The van der Waals surface area contributed by atoms with Crippen LogP contribution in [0.4, 0.5) is 0 Å². The Kier molecular flexibility index (Phi) is 13.5. The van der Waals surface area contributed by atoms with Gasteiger partial charge in [0.1, 0.15) is 0 Å². The van der Waals surface area contributed by atoms with E-state index in [-0.39, 0.29) is 0 Å². The van der Waals surface area contributed by atoms with Gasteiger partial charge in [-0.15, -0.1) is 0 Å². The maximum absolute atomic E-state index is 5.51. The average molecular weight is 281 g/mol. The zero-order valence-corrected chi connectivity index (χ0v) is 13.2. The number of ether oxygens (including phenoxy) is 2. The highest BCUT2D eigenvalue weighted by molar-refractivity contribution is 8.76. The lowest BCUT2D eigenvalue weighted by atomic mass is 10.3. The summed E-state index contributed by atoms with van der Waals surface area (Å²) in [6, 6.07) is 0.533. The predicted molar refractivity (Wildman–Crippen MR) is 80.0 cm³/mol. The molecule has 1 unspecified atom stereocenters. The van der Waals surface area contributed by atoms with Crippen LogP contribution in [0.15, 0.2) is 0 Å². The van der Waals surface area contributed by atoms with Gasteiger partial charge in [-0.05, 0) is 12.7 Å². The fourth-order valence-corrected chi connectivity index (χ4v) is 3.00. The molecule has 0 bridgehead atoms. The van der Waals surface area contributed by atoms with E-state index in [0.29, 0.717) is 24.5 Å². The molecule has 104 valence electrons. The molecule has 1 N–H and O–H groups in total. The van der Waals surface area contributed by atoms with E-state index in [0.717, 1.165) is 26.2 Å². The zero-order valence-electron chi connectivity index (χ0n) is 11.5. The number of hydrogen-bond donors (Lipinski definition) is 1. The monoisotopic (exact) mass is 281 g/mol. The largest absolute Gasteiger partial charge is 0.379 e. The maximum Gasteiger partial charge on any atom is 0.0701 e. The molecular formula is C12H27NO2S2. The van der Waals surface area contributed by atoms with E-state index in [1.807, 2.05) is 21.6 Å². The van der Waals surface area contributed by atoms with Crippen LogP contribution in [0.5, 0.6) is 0 Å². The van der Waals surface area contributed by atoms with E-state index < -0.39 is 0 Å². The highest BCUT2D eigenvalue weighted by atomic mass is 33.1. The highest BCUT2D eigenvalue weighted by Gasteiger charge is 2.01. The SMILES string of the molecule is CSSC(C)CCOCCOCCNC(C)C. The summed E-state index contributed by atoms with van der Waals surface area (Å²) in [4.78, 5) is 0. The van der Waals surface area contributed by atoms with Gasteiger partial charge >= 0.3 is 0 Å². The molecule has 0 spiro atoms. The van der Waals surface area contributed by atoms with E-state index in [2.05, 4.69) is 32.3 Å². The topological polar surface area (TPSA) is 30.5 Å². The maximum atomic E-state index is 5.51. The van der Waals surface area contributed by atoms with Crippen molar-refractivity contribution in [2.45, 2.75) is 38.5 Å². The zero-order chi connectivity index (χ0) is 12.9. The average Bonchev–Trinajstić information content (AvgIpc) is 2.27. The molecule has 0 aromatic heterocycles. The van der Waals surface area contributed by atoms with Gasteiger partial charge in [0.15, 0.2) is 0 Å². The minimum absolute atomic E-state index is 0.533. The summed E-state index contributed by atoms with van der Waals surface area (Å²) in [6.07, 6.45) is 3.22. The summed E-state index contributed by atoms with van der Waals surface area (Å²) >= 11 is 0. The molecule has 0 rings (SSSR count). The van der Waals surface area contributed by atoms with E-state index >= 15 is 0 Å². The molecule has 0 aliphatic heterocycles. The van der Waals surface area contributed by atoms with Crippen molar-refractivity contribution in [3.63, 3.8) is 0 Å². The van der Waals surface area contributed by atoms with Crippen molar-refractivity contribution in [3.05, 3.63) is 0 Å². The van der Waals surface area contributed by atoms with Crippen molar-refractivity contribution in [1.29, 1.82) is 0 Å². The molecule has 3 nitrogen and oxygen atoms in total. The molecule has 0 fully saturated rings. The molecular weight excluding hydrogens is 254 g/mol. The van der Waals surface area contributed by atoms with Gasteiger partial charge in [-0.25, -0.2) is 0 Å². The van der Waals surface area contributed by atoms with Gasteiger partial charge in [0.25, 0.3) is 0 Å². The van der Waals surface area contributed by atoms with E-state index in [1.165, 1.54) is 0 Å². The Morgan fingerprint density at radius 2 is 1.65 bits per heavy atom. The van der Waals surface area contributed by atoms with Crippen LogP contribution in [0.25, 0.3) is 0 Å². The first-order valence-electron chi connectivity index (χ1n) is 6.25. The molecule has 0 heterocycles. The second-order valence-corrected chi connectivity index (χ2v) is 7.10. The Morgan fingerprint density at radius 1 is 1.00 bits per heavy atom. The Bertz CT molecular complexity index is 159. The van der Waals surface area contributed by atoms with Crippen molar-refractivity contribution in [2.75, 3.05) is 39.2 Å². The predicted octanol–water partition coefficient (Wildman–Crippen LogP) is 2.81. The van der Waals surface area contributed by atoms with Gasteiger partial charge in [-0.2, -0.15) is 0 Å². The normalized spacial score (nSPS) is 13.2. The summed E-state index contributed by atoms with van der Waals surface area (Å²) in [5, 5.41) is 3.97. The molecule has 0 aromatic carbocycles. The fraction of sp³-hybridized carbons (Fsp3) is 1.00. The van der Waals surface area contributed by atoms with Crippen molar-refractivity contribution in [3.8, 4) is 0 Å². The lowest BCUT2D eigenvalue weighted by Crippen LogP contribution is -2.27. The van der Waals surface area contributed by atoms with E-state index in [1.54, 1.807) is 0 Å². The fourth-order valence-electron chi connectivity index (χ4n) is 1.20. The second kappa shape index (κ2) is 13.0. The van der Waals surface area contributed by atoms with Crippen LogP contribution in [-0.4, -0.2) is 50.5 Å². The number of nitrogens with one attached hydrogen (secondary N) is 1. The van der Waals surface area contributed by atoms with Crippen LogP contribution in [0.1, 0.15) is 27.2 Å². The van der Waals surface area contributed by atoms with Crippen LogP contribution in [0, 0.1) is 0 Å². The minimum atomic E-state index is 0.533. The van der Waals surface area contributed by atoms with E-state index in [4.69, 9.17) is 9.47 Å². The number of hydrogen-bond acceptors (Lipinski definition) is 5. The van der Waals surface area contributed by atoms with Crippen molar-refractivity contribution in [2.24, 2.45) is 0 Å². The third-order valence-electron chi connectivity index (χ3n) is 2.10. The smallest absolute Gasteiger partial charge is 0.0701 e. The molecule has 0 amide bonds. The third kappa shape index (κ3) is 14.5. The number of rotatable bonds is 12. The van der Waals surface area contributed by atoms with Gasteiger partial charge in [-0.1, -0.05) is 42.4 Å². The summed E-state index contributed by atoms with van der Waals surface area (Å²) < 4.78 is 11.0. The Balaban J connectivity index is 3.03. The van der Waals surface area contributed by atoms with Crippen LogP contribution < -0.4 is 5.32 Å². The molecule has 1 atom stereocenters. The van der Waals surface area contributed by atoms with Crippen LogP contribution in [0.2, 0.25) is 0 Å². The first kappa shape index (κ1) is 17.6. The van der Waals surface area contributed by atoms with Crippen molar-refractivity contribution >= 4 is 21.6 Å². The van der Waals surface area contributed by atoms with Crippen molar-refractivity contribution in [1.82, 2.24) is 5.32 Å². The van der Waals surface area contributed by atoms with Crippen LogP contribution in [-0.2, 0) is 9.47 Å². The molecule has 0 saturated heterocycles. The molecule has 17 heavy (non-hydrogen) atoms. The summed E-state index contributed by atoms with van der Waals surface area (Å²) in [5.41, 5.74) is 0. The standard InChI is InChI=1S/C12H27NO2S2/c1-11(2)13-6-8-15-10-9-14-7-5-12(3)17-16-4/h11-13H,5-10H2,1-4H3. The summed E-state index contributed by atoms with van der Waals surface area (Å²) in [7, 11) is 3.72. The van der Waals surface area contributed by atoms with Crippen molar-refractivity contribution < 1.29 is 9.47 Å². The van der Waals surface area contributed by atoms with Crippen LogP contribution in [0.3, 0.4) is 0 Å². The summed E-state index contributed by atoms with van der Waals surface area (Å²) in [6.45, 7) is 10.4. The van der Waals surface area contributed by atoms with Crippen LogP contribution >= 0.6 is 21.6 Å². The quantitative estimate of drug-likeness (QED) is 0.439. The summed E-state index contributed by atoms with van der Waals surface area (Å²) in [5.74, 6) is 0. The Hall–Kier alpha value is 0.580. The first-order chi connectivity index (χ1) is 8.16. The third-order valence-corrected chi connectivity index (χ3v) is 4.42. The minimum Gasteiger partial charge on any atom is -0.379 e. The van der Waals surface area contributed by atoms with E-state index in [9.17, 15) is 0 Å². The lowest BCUT2D eigenvalue weighted by molar-refractivity contribution is 0.0477. The molecule has 0 aliphatic rings. The second-order valence-electron chi connectivity index (χ2n) is 4.20. The molecule has 0 radical (unpaired) electrons. The molecule has 0 aliphatic carbocycles. The Labute approximate surface area is 114 Å². The lowest BCUT2D eigenvalue weighted by Gasteiger charge is -2.10. The Morgan fingerprint density at radius 3 is 2.24 bits per heavy atom. The highest BCUT2D eigenvalue weighted by Crippen LogP contribution is 2.25. The first-order valence-corrected chi connectivity index (χ1v) is 8.87. The molecule has 0 aromatic rings. The van der Waals surface area contributed by atoms with Gasteiger partial charge < -0.3 is 14.8 Å². The molecule has 5 heteroatoms.